The molecule has 196 valence electrons. The molecule has 3 aromatic rings. The van der Waals surface area contributed by atoms with E-state index in [0.29, 0.717) is 51.7 Å². The van der Waals surface area contributed by atoms with Crippen LogP contribution < -0.4 is 14.8 Å². The number of rotatable bonds is 11. The number of carbonyl (C=O) groups is 3. The van der Waals surface area contributed by atoms with Gasteiger partial charge in [-0.15, -0.1) is 0 Å². The molecule has 7 nitrogen and oxygen atoms in total. The van der Waals surface area contributed by atoms with Gasteiger partial charge in [0.25, 0.3) is 17.1 Å². The molecule has 4 rings (SSSR count). The standard InChI is InChI=1S/C29H27BrN2O5S/c1-2-36-24-16-21(23(30)18-25(24)37-19-27(33)31-22-13-7-4-8-14-22)17-26-28(34)32(29(35)38-26)15-9-12-20-10-5-3-6-11-20/h3-8,10-11,13-14,16-18H,2,9,12,15,19H2,1H3,(H,31,33)/b26-17+. The molecule has 1 saturated heterocycles. The van der Waals surface area contributed by atoms with E-state index in [4.69, 9.17) is 9.47 Å². The number of benzene rings is 3. The van der Waals surface area contributed by atoms with E-state index in [9.17, 15) is 14.4 Å². The van der Waals surface area contributed by atoms with Gasteiger partial charge in [-0.25, -0.2) is 0 Å². The Morgan fingerprint density at radius 1 is 1.00 bits per heavy atom. The van der Waals surface area contributed by atoms with Crippen LogP contribution in [0.25, 0.3) is 6.08 Å². The summed E-state index contributed by atoms with van der Waals surface area (Å²) in [6.45, 7) is 2.38. The Hall–Kier alpha value is -3.56. The summed E-state index contributed by atoms with van der Waals surface area (Å²) in [4.78, 5) is 39.5. The fraction of sp³-hybridized carbons (Fsp3) is 0.207. The maximum Gasteiger partial charge on any atom is 0.293 e. The molecular formula is C29H27BrN2O5S. The van der Waals surface area contributed by atoms with Crippen molar-refractivity contribution in [2.24, 2.45) is 0 Å². The third kappa shape index (κ3) is 7.26. The van der Waals surface area contributed by atoms with Gasteiger partial charge < -0.3 is 14.8 Å². The van der Waals surface area contributed by atoms with Gasteiger partial charge in [0.2, 0.25) is 0 Å². The normalized spacial score (nSPS) is 14.2. The van der Waals surface area contributed by atoms with Crippen molar-refractivity contribution in [1.29, 1.82) is 0 Å². The summed E-state index contributed by atoms with van der Waals surface area (Å²) in [6, 6.07) is 22.5. The van der Waals surface area contributed by atoms with Crippen LogP contribution in [0.4, 0.5) is 10.5 Å². The number of ether oxygens (including phenoxy) is 2. The fourth-order valence-corrected chi connectivity index (χ4v) is 5.12. The zero-order valence-corrected chi connectivity index (χ0v) is 23.2. The molecule has 0 unspecified atom stereocenters. The Bertz CT molecular complexity index is 1330. The zero-order chi connectivity index (χ0) is 26.9. The smallest absolute Gasteiger partial charge is 0.293 e. The molecule has 3 amide bonds. The van der Waals surface area contributed by atoms with E-state index in [1.807, 2.05) is 55.5 Å². The summed E-state index contributed by atoms with van der Waals surface area (Å²) >= 11 is 4.44. The highest BCUT2D eigenvalue weighted by molar-refractivity contribution is 9.10. The van der Waals surface area contributed by atoms with Crippen molar-refractivity contribution >= 4 is 56.5 Å². The summed E-state index contributed by atoms with van der Waals surface area (Å²) in [5.41, 5.74) is 2.50. The molecule has 0 radical (unpaired) electrons. The highest BCUT2D eigenvalue weighted by atomic mass is 79.9. The first kappa shape index (κ1) is 27.5. The van der Waals surface area contributed by atoms with Gasteiger partial charge in [0.1, 0.15) is 0 Å². The fourth-order valence-electron chi connectivity index (χ4n) is 3.82. The van der Waals surface area contributed by atoms with E-state index in [1.165, 1.54) is 10.5 Å². The minimum absolute atomic E-state index is 0.206. The summed E-state index contributed by atoms with van der Waals surface area (Å²) < 4.78 is 12.1. The first-order valence-corrected chi connectivity index (χ1v) is 13.8. The molecule has 1 N–H and O–H groups in total. The number of nitrogens with zero attached hydrogens (tertiary/aromatic N) is 1. The van der Waals surface area contributed by atoms with Crippen LogP contribution in [-0.2, 0) is 16.0 Å². The van der Waals surface area contributed by atoms with Crippen molar-refractivity contribution in [1.82, 2.24) is 4.90 Å². The lowest BCUT2D eigenvalue weighted by Crippen LogP contribution is -2.29. The van der Waals surface area contributed by atoms with E-state index < -0.39 is 0 Å². The predicted octanol–water partition coefficient (Wildman–Crippen LogP) is 6.53. The second-order valence-corrected chi connectivity index (χ2v) is 10.2. The van der Waals surface area contributed by atoms with Crippen LogP contribution in [0.2, 0.25) is 0 Å². The maximum absolute atomic E-state index is 13.0. The molecule has 1 aliphatic heterocycles. The van der Waals surface area contributed by atoms with Crippen LogP contribution in [0.3, 0.4) is 0 Å². The van der Waals surface area contributed by atoms with Crippen LogP contribution in [-0.4, -0.2) is 41.7 Å². The number of amides is 3. The number of halogens is 1. The lowest BCUT2D eigenvalue weighted by atomic mass is 10.1. The Labute approximate surface area is 234 Å². The molecule has 1 fully saturated rings. The number of aryl methyl sites for hydroxylation is 1. The molecular weight excluding hydrogens is 568 g/mol. The summed E-state index contributed by atoms with van der Waals surface area (Å²) in [7, 11) is 0. The van der Waals surface area contributed by atoms with Gasteiger partial charge in [0, 0.05) is 16.7 Å². The van der Waals surface area contributed by atoms with Crippen molar-refractivity contribution in [3.05, 3.63) is 93.3 Å². The van der Waals surface area contributed by atoms with Gasteiger partial charge in [-0.1, -0.05) is 64.5 Å². The summed E-state index contributed by atoms with van der Waals surface area (Å²) in [5, 5.41) is 2.49. The van der Waals surface area contributed by atoms with Crippen molar-refractivity contribution in [3.8, 4) is 11.5 Å². The lowest BCUT2D eigenvalue weighted by Gasteiger charge is -2.14. The van der Waals surface area contributed by atoms with Gasteiger partial charge in [-0.05, 0) is 73.0 Å². The third-order valence-electron chi connectivity index (χ3n) is 5.63. The molecule has 0 bridgehead atoms. The number of thioether (sulfide) groups is 1. The molecule has 3 aromatic carbocycles. The Kier molecular flexibility index (Phi) is 9.62. The van der Waals surface area contributed by atoms with Crippen molar-refractivity contribution in [2.75, 3.05) is 25.1 Å². The molecule has 0 aromatic heterocycles. The molecule has 0 saturated carbocycles. The number of hydrogen-bond acceptors (Lipinski definition) is 6. The minimum atomic E-state index is -0.309. The highest BCUT2D eigenvalue weighted by Gasteiger charge is 2.34. The molecule has 1 aliphatic rings. The predicted molar refractivity (Wildman–Crippen MR) is 153 cm³/mol. The molecule has 9 heteroatoms. The summed E-state index contributed by atoms with van der Waals surface area (Å²) in [5.74, 6) is 0.195. The number of anilines is 1. The van der Waals surface area contributed by atoms with Crippen molar-refractivity contribution < 1.29 is 23.9 Å². The van der Waals surface area contributed by atoms with E-state index >= 15 is 0 Å². The lowest BCUT2D eigenvalue weighted by molar-refractivity contribution is -0.122. The Morgan fingerprint density at radius 3 is 2.39 bits per heavy atom. The first-order chi connectivity index (χ1) is 18.4. The first-order valence-electron chi connectivity index (χ1n) is 12.2. The molecule has 0 spiro atoms. The highest BCUT2D eigenvalue weighted by Crippen LogP contribution is 2.38. The van der Waals surface area contributed by atoms with Crippen molar-refractivity contribution in [3.63, 3.8) is 0 Å². The number of imide groups is 1. The van der Waals surface area contributed by atoms with Gasteiger partial charge in [0.05, 0.1) is 11.5 Å². The monoisotopic (exact) mass is 594 g/mol. The van der Waals surface area contributed by atoms with Crippen LogP contribution in [0.5, 0.6) is 11.5 Å². The quantitative estimate of drug-likeness (QED) is 0.254. The molecule has 0 atom stereocenters. The Balaban J connectivity index is 1.42. The Morgan fingerprint density at radius 2 is 1.68 bits per heavy atom. The van der Waals surface area contributed by atoms with Crippen LogP contribution in [0, 0.1) is 0 Å². The van der Waals surface area contributed by atoms with Gasteiger partial charge in [0.15, 0.2) is 18.1 Å². The van der Waals surface area contributed by atoms with Gasteiger partial charge >= 0.3 is 0 Å². The topological polar surface area (TPSA) is 84.9 Å². The second-order valence-electron chi connectivity index (χ2n) is 8.38. The van der Waals surface area contributed by atoms with Gasteiger partial charge in [-0.2, -0.15) is 0 Å². The average molecular weight is 596 g/mol. The van der Waals surface area contributed by atoms with Crippen LogP contribution in [0.1, 0.15) is 24.5 Å². The number of para-hydroxylation sites is 1. The average Bonchev–Trinajstić information content (AvgIpc) is 3.18. The maximum atomic E-state index is 13.0. The summed E-state index contributed by atoms with van der Waals surface area (Å²) in [6.07, 6.45) is 3.15. The molecule has 0 aliphatic carbocycles. The van der Waals surface area contributed by atoms with Crippen LogP contribution in [0.15, 0.2) is 82.2 Å². The third-order valence-corrected chi connectivity index (χ3v) is 7.22. The number of hydrogen-bond donors (Lipinski definition) is 1. The van der Waals surface area contributed by atoms with E-state index in [-0.39, 0.29) is 23.7 Å². The number of carbonyl (C=O) groups excluding carboxylic acids is 3. The van der Waals surface area contributed by atoms with Crippen molar-refractivity contribution in [2.45, 2.75) is 19.8 Å². The second kappa shape index (κ2) is 13.3. The molecule has 1 heterocycles. The molecule has 38 heavy (non-hydrogen) atoms. The van der Waals surface area contributed by atoms with E-state index in [0.717, 1.165) is 18.2 Å². The van der Waals surface area contributed by atoms with E-state index in [2.05, 4.69) is 21.2 Å². The largest absolute Gasteiger partial charge is 0.490 e. The van der Waals surface area contributed by atoms with Gasteiger partial charge in [-0.3, -0.25) is 19.3 Å². The zero-order valence-electron chi connectivity index (χ0n) is 20.8. The number of nitrogens with one attached hydrogen (secondary N) is 1. The van der Waals surface area contributed by atoms with E-state index in [1.54, 1.807) is 30.3 Å². The minimum Gasteiger partial charge on any atom is -0.490 e. The van der Waals surface area contributed by atoms with Crippen LogP contribution >= 0.6 is 27.7 Å². The SMILES string of the molecule is CCOc1cc(/C=C2/SC(=O)N(CCCc3ccccc3)C2=O)c(Br)cc1OCC(=O)Nc1ccccc1.